The molecule has 19 nitrogen and oxygen atoms in total. The van der Waals surface area contributed by atoms with Gasteiger partial charge in [0.25, 0.3) is 20.0 Å². The Kier molecular flexibility index (Phi) is 21.3. The van der Waals surface area contributed by atoms with Crippen LogP contribution < -0.4 is 148 Å². The van der Waals surface area contributed by atoms with Crippen LogP contribution in [0.4, 0.5) is 28.4 Å². The summed E-state index contributed by atoms with van der Waals surface area (Å²) in [5.74, 6) is -2.46. The van der Waals surface area contributed by atoms with Crippen LogP contribution in [0, 0.1) is 53.7 Å². The molecule has 8 aromatic rings. The molecule has 0 fully saturated rings. The quantitative estimate of drug-likeness (QED) is 0.0273. The summed E-state index contributed by atoms with van der Waals surface area (Å²) >= 11 is 0. The molecule has 27 heteroatoms. The van der Waals surface area contributed by atoms with E-state index in [0.29, 0.717) is 44.3 Å². The van der Waals surface area contributed by atoms with Gasteiger partial charge in [-0.3, -0.25) is 9.44 Å². The Morgan fingerprint density at radius 2 is 1.16 bits per heavy atom. The minimum atomic E-state index is -5.44. The number of sulfonamides is 2. The van der Waals surface area contributed by atoms with E-state index in [1.165, 1.54) is 85.8 Å². The number of rotatable bonds is 13. The molecule has 2 aliphatic rings. The summed E-state index contributed by atoms with van der Waals surface area (Å²) < 4.78 is 147. The van der Waals surface area contributed by atoms with Crippen LogP contribution in [-0.4, -0.2) is 59.0 Å². The first-order valence-electron chi connectivity index (χ1n) is 24.2. The standard InChI is InChI=1S/C58H46N4O15S4.4Na/c1-29-21-31(3)56(61-78(67,68)40-16-12-35-23-39(63)15-11-36(35)24-40)33(5)54(29)59-38-14-18-43-48(26-38)77-49-28-46(51(81(74,75)76)27-45(49)52(43)44-9-7-8-10-50(44)80(71,72)73)60-55-30(2)22-32(4)57(34(55)6)62-79(69,70)41-17-19-42-37(25-41)13-20-47(64)53(42)58(65)66;;;;/h7-13,15-22,24-28,59,61-64H,1-6H3,(H,65,66)(H,71,72,73)(H,74,75,76);;;;/q-2;4*+1/p-2. The van der Waals surface area contributed by atoms with E-state index in [1.54, 1.807) is 52.8 Å². The zero-order valence-corrected chi connectivity index (χ0v) is 58.6. The summed E-state index contributed by atoms with van der Waals surface area (Å²) in [6, 6.07) is 32.9. The molecule has 0 aromatic heterocycles. The number of carboxylic acid groups (broad SMARTS) is 1. The zero-order valence-electron chi connectivity index (χ0n) is 47.4. The number of anilines is 4. The maximum Gasteiger partial charge on any atom is 1.00 e. The van der Waals surface area contributed by atoms with Crippen LogP contribution in [0.1, 0.15) is 43.7 Å². The molecule has 1 aliphatic heterocycles. The van der Waals surface area contributed by atoms with Gasteiger partial charge in [-0.2, -0.15) is 12.1 Å². The first-order valence-corrected chi connectivity index (χ1v) is 30.0. The van der Waals surface area contributed by atoms with Crippen molar-refractivity contribution in [2.45, 2.75) is 61.1 Å². The van der Waals surface area contributed by atoms with Gasteiger partial charge in [-0.05, 0) is 117 Å². The van der Waals surface area contributed by atoms with Crippen molar-refractivity contribution >= 4 is 107 Å². The molecule has 85 heavy (non-hydrogen) atoms. The van der Waals surface area contributed by atoms with Crippen molar-refractivity contribution in [2.24, 2.45) is 0 Å². The minimum absolute atomic E-state index is 0. The van der Waals surface area contributed by atoms with Crippen molar-refractivity contribution in [2.75, 3.05) is 14.8 Å². The van der Waals surface area contributed by atoms with E-state index < -0.39 is 67.4 Å². The second kappa shape index (κ2) is 26.1. The number of aryl methyl sites for hydroxylation is 4. The zero-order chi connectivity index (χ0) is 58.4. The number of benzene rings is 9. The van der Waals surface area contributed by atoms with Crippen LogP contribution in [0.2, 0.25) is 0 Å². The Morgan fingerprint density at radius 3 is 1.80 bits per heavy atom. The van der Waals surface area contributed by atoms with Crippen LogP contribution in [0.3, 0.4) is 0 Å². The maximum absolute atomic E-state index is 14.1. The Bertz CT molecular complexity index is 4930. The van der Waals surface area contributed by atoms with Gasteiger partial charge in [0.15, 0.2) is 0 Å². The van der Waals surface area contributed by atoms with Gasteiger partial charge in [0, 0.05) is 39.3 Å². The fraction of sp³-hybridized carbons (Fsp3) is 0.103. The van der Waals surface area contributed by atoms with Crippen molar-refractivity contribution in [1.82, 2.24) is 0 Å². The fourth-order valence-electron chi connectivity index (χ4n) is 10.1. The Morgan fingerprint density at radius 1 is 0.588 bits per heavy atom. The van der Waals surface area contributed by atoms with Crippen LogP contribution in [0.15, 0.2) is 145 Å². The average Bonchev–Trinajstić information content (AvgIpc) is 0.921. The van der Waals surface area contributed by atoms with Crippen molar-refractivity contribution in [3.8, 4) is 33.9 Å². The molecule has 0 saturated heterocycles. The normalized spacial score (nSPS) is 12.0. The van der Waals surface area contributed by atoms with Crippen LogP contribution in [-0.2, 0) is 40.3 Å². The predicted octanol–water partition coefficient (Wildman–Crippen LogP) is -4.78. The molecule has 0 bridgehead atoms. The molecule has 0 radical (unpaired) electrons. The number of carbonyl (C=O) groups excluding carboxylic acids is 1. The fourth-order valence-corrected chi connectivity index (χ4v) is 13.9. The molecule has 0 spiro atoms. The number of nitrogens with one attached hydrogen (secondary N) is 4. The maximum atomic E-state index is 14.1. The summed E-state index contributed by atoms with van der Waals surface area (Å²) in [5, 5.41) is 36.2. The van der Waals surface area contributed by atoms with Gasteiger partial charge in [-0.1, -0.05) is 71.2 Å². The Balaban J connectivity index is 0.00000289. The molecular formula is C58H44N4Na4O15S4. The van der Waals surface area contributed by atoms with Crippen molar-refractivity contribution in [3.63, 3.8) is 0 Å². The molecule has 1 aliphatic carbocycles. The third-order valence-electron chi connectivity index (χ3n) is 13.9. The van der Waals surface area contributed by atoms with Gasteiger partial charge < -0.3 is 39.0 Å². The van der Waals surface area contributed by atoms with Gasteiger partial charge in [0.2, 0.25) is 11.0 Å². The molecule has 10 rings (SSSR count). The molecule has 414 valence electrons. The topological polar surface area (TPSA) is 326 Å². The number of hydrogen-bond donors (Lipinski definition) is 6. The van der Waals surface area contributed by atoms with Gasteiger partial charge in [0.05, 0.1) is 38.1 Å². The van der Waals surface area contributed by atoms with Gasteiger partial charge in [0.1, 0.15) is 36.6 Å². The third-order valence-corrected chi connectivity index (χ3v) is 18.4. The average molecular weight is 1260 g/mol. The van der Waals surface area contributed by atoms with Gasteiger partial charge in [-0.15, -0.1) is 35.0 Å². The molecule has 6 N–H and O–H groups in total. The van der Waals surface area contributed by atoms with Gasteiger partial charge >= 0.3 is 118 Å². The number of carboxylic acids is 1. The van der Waals surface area contributed by atoms with Gasteiger partial charge in [-0.25, -0.2) is 38.7 Å². The van der Waals surface area contributed by atoms with E-state index >= 15 is 0 Å². The summed E-state index contributed by atoms with van der Waals surface area (Å²) in [6.45, 7) is 10.1. The molecule has 0 atom stereocenters. The van der Waals surface area contributed by atoms with E-state index in [-0.39, 0.29) is 212 Å². The first-order chi connectivity index (χ1) is 38.0. The van der Waals surface area contributed by atoms with Crippen LogP contribution in [0.25, 0.3) is 55.0 Å². The van der Waals surface area contributed by atoms with Crippen molar-refractivity contribution < 1.29 is 191 Å². The Hall–Kier alpha value is -4.84. The second-order valence-electron chi connectivity index (χ2n) is 19.3. The molecule has 0 unspecified atom stereocenters. The van der Waals surface area contributed by atoms with Crippen molar-refractivity contribution in [1.29, 1.82) is 0 Å². The number of phenols is 2. The number of hydrogen-bond acceptors (Lipinski definition) is 16. The third kappa shape index (κ3) is 13.7. The summed E-state index contributed by atoms with van der Waals surface area (Å²) in [7, 11) is -19.3. The Labute approximate surface area is 578 Å². The predicted molar refractivity (Wildman–Crippen MR) is 297 cm³/mol. The van der Waals surface area contributed by atoms with E-state index in [4.69, 9.17) is 4.42 Å². The van der Waals surface area contributed by atoms with Crippen LogP contribution >= 0.6 is 0 Å². The largest absolute Gasteiger partial charge is 1.00 e. The molecular weight excluding hydrogens is 1210 g/mol. The molecule has 0 amide bonds. The number of fused-ring (bicyclic) bond motifs is 4. The number of aromatic carboxylic acids is 1. The summed E-state index contributed by atoms with van der Waals surface area (Å²) in [5.41, 5.74) is 3.30. The number of aromatic hydroxyl groups is 2. The number of carbonyl (C=O) groups is 1. The van der Waals surface area contributed by atoms with E-state index in [1.807, 2.05) is 0 Å². The summed E-state index contributed by atoms with van der Waals surface area (Å²) in [4.78, 5) is 13.0. The van der Waals surface area contributed by atoms with Crippen LogP contribution in [0.5, 0.6) is 11.5 Å². The molecule has 8 aromatic carbocycles. The SMILES string of the molecule is Cc1cc(C)c(NS(=O)(=O)c2ccc3[c-]c(O)ccc3c2)c(C)c1Nc1[c-]cc2c(-c3ccccc3S(=O)(=O)[O-])c3cc(S(=O)(=O)[O-])c(=[NH+]c4c(C)cc(C)c(NS(=O)(=O)c5ccc6c(C(=O)[O-])c(O)ccc6c5)c4C)cc-3oc2c1.[Na+].[Na+].[Na+].[Na+]. The molecule has 1 heterocycles. The van der Waals surface area contributed by atoms with Crippen molar-refractivity contribution in [3.05, 3.63) is 178 Å². The second-order valence-corrected chi connectivity index (χ2v) is 25.4. The minimum Gasteiger partial charge on any atom is -0.744 e. The monoisotopic (exact) mass is 1260 g/mol. The van der Waals surface area contributed by atoms with E-state index in [9.17, 15) is 62.9 Å². The molecule has 0 saturated carbocycles. The summed E-state index contributed by atoms with van der Waals surface area (Å²) in [6.07, 6.45) is 0. The first kappa shape index (κ1) is 69.3. The smallest absolute Gasteiger partial charge is 0.744 e. The number of phenolic OH excluding ortho intramolecular Hbond substituents is 1. The van der Waals surface area contributed by atoms with E-state index in [2.05, 4.69) is 31.9 Å². The van der Waals surface area contributed by atoms with E-state index in [0.717, 1.165) is 24.3 Å².